The van der Waals surface area contributed by atoms with Crippen molar-refractivity contribution in [2.24, 2.45) is 0 Å². The van der Waals surface area contributed by atoms with E-state index in [1.165, 1.54) is 30.7 Å². The highest BCUT2D eigenvalue weighted by Gasteiger charge is 2.26. The quantitative estimate of drug-likeness (QED) is 0.420. The molecule has 1 fully saturated rings. The molecule has 1 aliphatic rings. The van der Waals surface area contributed by atoms with Crippen molar-refractivity contribution in [3.8, 4) is 0 Å². The monoisotopic (exact) mass is 550 g/mol. The molecule has 1 aliphatic heterocycles. The first kappa shape index (κ1) is 24.0. The molecule has 2 heterocycles. The summed E-state index contributed by atoms with van der Waals surface area (Å²) in [5.41, 5.74) is 1.07. The number of amides is 1. The number of halogens is 2. The summed E-state index contributed by atoms with van der Waals surface area (Å²) in [4.78, 5) is 15.3. The number of piperidine rings is 1. The van der Waals surface area contributed by atoms with Crippen molar-refractivity contribution < 1.29 is 17.6 Å². The average molecular weight is 552 g/mol. The highest BCUT2D eigenvalue weighted by atomic mass is 79.9. The SMILES string of the molecule is O=C(NC[C@H](c1ccc(Cl)cc1)N1CCCCC1)c1ccc(S(=O)(=O)c2ccc(Br)cc2)o1. The van der Waals surface area contributed by atoms with Crippen molar-refractivity contribution >= 4 is 43.3 Å². The minimum Gasteiger partial charge on any atom is -0.439 e. The van der Waals surface area contributed by atoms with Gasteiger partial charge in [-0.05, 0) is 80.0 Å². The van der Waals surface area contributed by atoms with E-state index in [2.05, 4.69) is 26.1 Å². The molecule has 1 atom stereocenters. The zero-order valence-electron chi connectivity index (χ0n) is 17.8. The van der Waals surface area contributed by atoms with Gasteiger partial charge >= 0.3 is 0 Å². The first-order valence-electron chi connectivity index (χ1n) is 10.7. The Morgan fingerprint density at radius 1 is 1.00 bits per heavy atom. The second-order valence-electron chi connectivity index (χ2n) is 7.95. The topological polar surface area (TPSA) is 79.6 Å². The Kier molecular flexibility index (Phi) is 7.58. The lowest BCUT2D eigenvalue weighted by Gasteiger charge is -2.35. The van der Waals surface area contributed by atoms with E-state index in [0.29, 0.717) is 11.6 Å². The predicted octanol–water partition coefficient (Wildman–Crippen LogP) is 5.49. The van der Waals surface area contributed by atoms with Crippen LogP contribution in [0.4, 0.5) is 0 Å². The molecular weight excluding hydrogens is 528 g/mol. The molecule has 0 saturated carbocycles. The number of hydrogen-bond donors (Lipinski definition) is 1. The summed E-state index contributed by atoms with van der Waals surface area (Å²) in [6, 6.07) is 16.6. The zero-order valence-corrected chi connectivity index (χ0v) is 21.0. The van der Waals surface area contributed by atoms with E-state index in [-0.39, 0.29) is 21.8 Å². The molecule has 0 spiro atoms. The Balaban J connectivity index is 1.48. The molecule has 1 amide bonds. The molecule has 2 aromatic carbocycles. The van der Waals surface area contributed by atoms with Crippen molar-refractivity contribution in [3.63, 3.8) is 0 Å². The van der Waals surface area contributed by atoms with Gasteiger partial charge in [-0.1, -0.05) is 46.1 Å². The lowest BCUT2D eigenvalue weighted by atomic mass is 10.0. The van der Waals surface area contributed by atoms with Crippen LogP contribution in [0.3, 0.4) is 0 Å². The maximum atomic E-state index is 12.8. The van der Waals surface area contributed by atoms with Gasteiger partial charge in [0.2, 0.25) is 14.9 Å². The normalized spacial score (nSPS) is 15.8. The second kappa shape index (κ2) is 10.4. The predicted molar refractivity (Wildman–Crippen MR) is 130 cm³/mol. The van der Waals surface area contributed by atoms with Crippen LogP contribution in [-0.2, 0) is 9.84 Å². The molecule has 4 rings (SSSR count). The van der Waals surface area contributed by atoms with Crippen molar-refractivity contribution in [2.45, 2.75) is 35.3 Å². The minimum absolute atomic E-state index is 0.00699. The van der Waals surface area contributed by atoms with Crippen LogP contribution in [-0.4, -0.2) is 38.9 Å². The molecule has 33 heavy (non-hydrogen) atoms. The molecule has 9 heteroatoms. The Bertz CT molecular complexity index is 1200. The lowest BCUT2D eigenvalue weighted by Crippen LogP contribution is -2.40. The fourth-order valence-corrected chi connectivity index (χ4v) is 5.53. The van der Waals surface area contributed by atoms with Gasteiger partial charge in [0.1, 0.15) is 0 Å². The van der Waals surface area contributed by atoms with Crippen LogP contribution < -0.4 is 5.32 Å². The maximum Gasteiger partial charge on any atom is 0.287 e. The van der Waals surface area contributed by atoms with Crippen molar-refractivity contribution in [1.29, 1.82) is 0 Å². The van der Waals surface area contributed by atoms with Gasteiger partial charge in [0.15, 0.2) is 5.76 Å². The van der Waals surface area contributed by atoms with Gasteiger partial charge < -0.3 is 9.73 Å². The molecule has 0 radical (unpaired) electrons. The van der Waals surface area contributed by atoms with Crippen LogP contribution in [0, 0.1) is 0 Å². The number of nitrogens with one attached hydrogen (secondary N) is 1. The van der Waals surface area contributed by atoms with E-state index >= 15 is 0 Å². The van der Waals surface area contributed by atoms with Crippen molar-refractivity contribution in [3.05, 3.63) is 81.5 Å². The maximum absolute atomic E-state index is 12.8. The van der Waals surface area contributed by atoms with Crippen LogP contribution in [0.15, 0.2) is 79.5 Å². The number of hydrogen-bond acceptors (Lipinski definition) is 5. The lowest BCUT2D eigenvalue weighted by molar-refractivity contribution is 0.0892. The first-order chi connectivity index (χ1) is 15.8. The summed E-state index contributed by atoms with van der Waals surface area (Å²) in [7, 11) is -3.85. The summed E-state index contributed by atoms with van der Waals surface area (Å²) in [6.45, 7) is 2.29. The third-order valence-electron chi connectivity index (χ3n) is 5.74. The summed E-state index contributed by atoms with van der Waals surface area (Å²) in [5.74, 6) is -0.498. The number of carbonyl (C=O) groups excluding carboxylic acids is 1. The highest BCUT2D eigenvalue weighted by Crippen LogP contribution is 2.27. The number of rotatable bonds is 7. The second-order valence-corrected chi connectivity index (χ2v) is 11.2. The molecule has 6 nitrogen and oxygen atoms in total. The summed E-state index contributed by atoms with van der Waals surface area (Å²) in [6.07, 6.45) is 3.44. The number of furan rings is 1. The van der Waals surface area contributed by atoms with E-state index in [1.807, 2.05) is 24.3 Å². The minimum atomic E-state index is -3.85. The summed E-state index contributed by atoms with van der Waals surface area (Å²) < 4.78 is 31.8. The van der Waals surface area contributed by atoms with E-state index < -0.39 is 15.7 Å². The van der Waals surface area contributed by atoms with E-state index in [9.17, 15) is 13.2 Å². The average Bonchev–Trinajstić information content (AvgIpc) is 3.33. The molecular formula is C24H24BrClN2O4S. The van der Waals surface area contributed by atoms with Gasteiger partial charge in [-0.2, -0.15) is 0 Å². The molecule has 0 aliphatic carbocycles. The molecule has 1 saturated heterocycles. The number of sulfone groups is 1. The summed E-state index contributed by atoms with van der Waals surface area (Å²) >= 11 is 9.34. The summed E-state index contributed by atoms with van der Waals surface area (Å²) in [5, 5.41) is 3.31. The van der Waals surface area contributed by atoms with Gasteiger partial charge in [0.25, 0.3) is 5.91 Å². The smallest absolute Gasteiger partial charge is 0.287 e. The van der Waals surface area contributed by atoms with Gasteiger partial charge in [0, 0.05) is 16.0 Å². The standard InChI is InChI=1S/C24H24BrClN2O4S/c25-18-6-10-20(11-7-18)33(30,31)23-13-12-22(32-23)24(29)27-16-21(28-14-2-1-3-15-28)17-4-8-19(26)9-5-17/h4-13,21H,1-3,14-16H2,(H,27,29)/t21-/m1/s1. The van der Waals surface area contributed by atoms with Crippen LogP contribution in [0.2, 0.25) is 5.02 Å². The van der Waals surface area contributed by atoms with Gasteiger partial charge in [0.05, 0.1) is 10.9 Å². The largest absolute Gasteiger partial charge is 0.439 e. The van der Waals surface area contributed by atoms with Gasteiger partial charge in [-0.15, -0.1) is 0 Å². The number of carbonyl (C=O) groups is 1. The van der Waals surface area contributed by atoms with Crippen LogP contribution in [0.25, 0.3) is 0 Å². The fraction of sp³-hybridized carbons (Fsp3) is 0.292. The Morgan fingerprint density at radius 2 is 1.67 bits per heavy atom. The van der Waals surface area contributed by atoms with Gasteiger partial charge in [-0.3, -0.25) is 9.69 Å². The van der Waals surface area contributed by atoms with E-state index in [0.717, 1.165) is 36.0 Å². The van der Waals surface area contributed by atoms with Crippen molar-refractivity contribution in [2.75, 3.05) is 19.6 Å². The molecule has 0 bridgehead atoms. The number of likely N-dealkylation sites (tertiary alicyclic amines) is 1. The highest BCUT2D eigenvalue weighted by molar-refractivity contribution is 9.10. The molecule has 174 valence electrons. The number of nitrogens with zero attached hydrogens (tertiary/aromatic N) is 1. The number of benzene rings is 2. The van der Waals surface area contributed by atoms with E-state index in [4.69, 9.17) is 16.0 Å². The van der Waals surface area contributed by atoms with Gasteiger partial charge in [-0.25, -0.2) is 8.42 Å². The third kappa shape index (κ3) is 5.69. The Morgan fingerprint density at radius 3 is 2.33 bits per heavy atom. The third-order valence-corrected chi connectivity index (χ3v) is 8.16. The van der Waals surface area contributed by atoms with Crippen LogP contribution in [0.5, 0.6) is 0 Å². The Hall–Kier alpha value is -2.13. The zero-order chi connectivity index (χ0) is 23.4. The molecule has 1 N–H and O–H groups in total. The molecule has 0 unspecified atom stereocenters. The first-order valence-corrected chi connectivity index (χ1v) is 13.4. The van der Waals surface area contributed by atoms with Crippen LogP contribution in [0.1, 0.15) is 41.4 Å². The Labute approximate surface area is 207 Å². The fourth-order valence-electron chi connectivity index (χ4n) is 3.97. The van der Waals surface area contributed by atoms with Crippen LogP contribution >= 0.6 is 27.5 Å². The molecule has 3 aromatic rings. The van der Waals surface area contributed by atoms with Crippen molar-refractivity contribution in [1.82, 2.24) is 10.2 Å². The van der Waals surface area contributed by atoms with E-state index in [1.54, 1.807) is 12.1 Å². The molecule has 1 aromatic heterocycles.